The third-order valence-corrected chi connectivity index (χ3v) is 6.20. The largest absolute Gasteiger partial charge is 0.462 e. The lowest BCUT2D eigenvalue weighted by atomic mass is 9.97. The highest BCUT2D eigenvalue weighted by molar-refractivity contribution is 6.31. The summed E-state index contributed by atoms with van der Waals surface area (Å²) in [5, 5.41) is 10.3. The second kappa shape index (κ2) is 9.97. The van der Waals surface area contributed by atoms with Gasteiger partial charge in [0.15, 0.2) is 5.65 Å². The first-order valence-electron chi connectivity index (χ1n) is 11.2. The lowest BCUT2D eigenvalue weighted by molar-refractivity contribution is 0.0526. The second-order valence-corrected chi connectivity index (χ2v) is 8.91. The minimum absolute atomic E-state index is 0.210. The summed E-state index contributed by atoms with van der Waals surface area (Å²) in [4.78, 5) is 25.1. The monoisotopic (exact) mass is 518 g/mol. The van der Waals surface area contributed by atoms with Crippen LogP contribution in [0.15, 0.2) is 83.8 Å². The number of nitrogens with zero attached hydrogens (tertiary/aromatic N) is 4. The highest BCUT2D eigenvalue weighted by Crippen LogP contribution is 2.35. The van der Waals surface area contributed by atoms with Crippen LogP contribution < -0.4 is 5.69 Å². The summed E-state index contributed by atoms with van der Waals surface area (Å²) in [5.41, 5.74) is 4.57. The van der Waals surface area contributed by atoms with Gasteiger partial charge < -0.3 is 4.74 Å². The van der Waals surface area contributed by atoms with Crippen LogP contribution in [0.4, 0.5) is 0 Å². The summed E-state index contributed by atoms with van der Waals surface area (Å²) in [6.07, 6.45) is 1.65. The van der Waals surface area contributed by atoms with Crippen LogP contribution in [0.25, 0.3) is 27.9 Å². The molecular weight excluding hydrogens is 499 g/mol. The van der Waals surface area contributed by atoms with Crippen LogP contribution in [0.2, 0.25) is 10.0 Å². The summed E-state index contributed by atoms with van der Waals surface area (Å²) < 4.78 is 7.67. The Kier molecular flexibility index (Phi) is 6.59. The molecule has 9 heteroatoms. The van der Waals surface area contributed by atoms with E-state index in [1.165, 1.54) is 9.20 Å². The molecule has 180 valence electrons. The van der Waals surface area contributed by atoms with Gasteiger partial charge in [-0.3, -0.25) is 0 Å². The molecule has 0 aliphatic heterocycles. The van der Waals surface area contributed by atoms with Gasteiger partial charge in [0, 0.05) is 21.2 Å². The zero-order valence-corrected chi connectivity index (χ0v) is 20.7. The fourth-order valence-corrected chi connectivity index (χ4v) is 4.20. The number of aromatic nitrogens is 4. The van der Waals surface area contributed by atoms with Crippen LogP contribution in [-0.2, 0) is 11.3 Å². The Bertz CT molecular complexity index is 1610. The van der Waals surface area contributed by atoms with Crippen molar-refractivity contribution in [2.75, 3.05) is 6.61 Å². The average molecular weight is 519 g/mol. The first-order chi connectivity index (χ1) is 17.4. The molecule has 0 saturated heterocycles. The number of hydrogen-bond donors (Lipinski definition) is 0. The number of rotatable bonds is 6. The van der Waals surface area contributed by atoms with Crippen molar-refractivity contribution < 1.29 is 9.53 Å². The molecule has 7 nitrogen and oxygen atoms in total. The zero-order chi connectivity index (χ0) is 25.2. The molecule has 0 aliphatic rings. The van der Waals surface area contributed by atoms with Crippen molar-refractivity contribution in [2.24, 2.45) is 0 Å². The van der Waals surface area contributed by atoms with E-state index in [1.807, 2.05) is 24.3 Å². The van der Waals surface area contributed by atoms with E-state index in [2.05, 4.69) is 10.2 Å². The topological polar surface area (TPSA) is 78.5 Å². The van der Waals surface area contributed by atoms with Crippen LogP contribution >= 0.6 is 23.2 Å². The Labute approximate surface area is 216 Å². The maximum absolute atomic E-state index is 13.2. The van der Waals surface area contributed by atoms with Gasteiger partial charge in [-0.15, -0.1) is 5.10 Å². The van der Waals surface area contributed by atoms with Gasteiger partial charge in [-0.2, -0.15) is 9.61 Å². The third-order valence-electron chi connectivity index (χ3n) is 5.70. The number of fused-ring (bicyclic) bond motifs is 1. The predicted octanol–water partition coefficient (Wildman–Crippen LogP) is 5.76. The van der Waals surface area contributed by atoms with Crippen LogP contribution in [0.5, 0.6) is 0 Å². The van der Waals surface area contributed by atoms with Crippen molar-refractivity contribution in [1.29, 1.82) is 0 Å². The highest BCUT2D eigenvalue weighted by Gasteiger charge is 2.19. The molecule has 0 unspecified atom stereocenters. The van der Waals surface area contributed by atoms with Gasteiger partial charge in [0.1, 0.15) is 0 Å². The summed E-state index contributed by atoms with van der Waals surface area (Å²) in [6.45, 7) is 2.27. The van der Waals surface area contributed by atoms with Crippen LogP contribution in [-0.4, -0.2) is 32.0 Å². The number of ether oxygens (including phenoxy) is 1. The van der Waals surface area contributed by atoms with Crippen molar-refractivity contribution in [1.82, 2.24) is 19.4 Å². The van der Waals surface area contributed by atoms with E-state index in [0.29, 0.717) is 27.9 Å². The Morgan fingerprint density at radius 2 is 1.50 bits per heavy atom. The molecule has 36 heavy (non-hydrogen) atoms. The Morgan fingerprint density at radius 1 is 0.889 bits per heavy atom. The molecule has 0 radical (unpaired) electrons. The van der Waals surface area contributed by atoms with E-state index in [0.717, 1.165) is 27.8 Å². The highest BCUT2D eigenvalue weighted by atomic mass is 35.5. The normalized spacial score (nSPS) is 11.1. The lowest BCUT2D eigenvalue weighted by Crippen LogP contribution is -2.23. The average Bonchev–Trinajstić information content (AvgIpc) is 3.20. The van der Waals surface area contributed by atoms with Gasteiger partial charge in [0.05, 0.1) is 24.9 Å². The van der Waals surface area contributed by atoms with Crippen LogP contribution in [0.1, 0.15) is 22.8 Å². The van der Waals surface area contributed by atoms with E-state index >= 15 is 0 Å². The SMILES string of the molecule is CCOC(=O)c1ccc(Cn2nc3c(-c4ccc(Cl)cc4)c(-c4ccc(Cl)cc4)cnn3c2=O)cc1. The zero-order valence-electron chi connectivity index (χ0n) is 19.2. The molecule has 0 saturated carbocycles. The van der Waals surface area contributed by atoms with Gasteiger partial charge in [-0.1, -0.05) is 59.6 Å². The number of esters is 1. The third kappa shape index (κ3) is 4.63. The molecule has 0 amide bonds. The van der Waals surface area contributed by atoms with Crippen molar-refractivity contribution in [3.63, 3.8) is 0 Å². The van der Waals surface area contributed by atoms with E-state index in [9.17, 15) is 9.59 Å². The van der Waals surface area contributed by atoms with Gasteiger partial charge in [-0.25, -0.2) is 14.3 Å². The van der Waals surface area contributed by atoms with Gasteiger partial charge in [0.25, 0.3) is 0 Å². The van der Waals surface area contributed by atoms with Crippen LogP contribution in [0, 0.1) is 0 Å². The minimum atomic E-state index is -0.388. The van der Waals surface area contributed by atoms with Gasteiger partial charge >= 0.3 is 11.7 Å². The molecule has 0 bridgehead atoms. The number of hydrogen-bond acceptors (Lipinski definition) is 5. The fourth-order valence-electron chi connectivity index (χ4n) is 3.95. The Morgan fingerprint density at radius 3 is 2.11 bits per heavy atom. The number of carbonyl (C=O) groups excluding carboxylic acids is 1. The summed E-state index contributed by atoms with van der Waals surface area (Å²) in [7, 11) is 0. The minimum Gasteiger partial charge on any atom is -0.462 e. The first kappa shape index (κ1) is 23.8. The molecule has 0 N–H and O–H groups in total. The lowest BCUT2D eigenvalue weighted by Gasteiger charge is -2.11. The quantitative estimate of drug-likeness (QED) is 0.267. The van der Waals surface area contributed by atoms with Crippen molar-refractivity contribution >= 4 is 34.8 Å². The van der Waals surface area contributed by atoms with Crippen molar-refractivity contribution in [2.45, 2.75) is 13.5 Å². The number of halogens is 2. The van der Waals surface area contributed by atoms with Crippen molar-refractivity contribution in [3.05, 3.63) is 111 Å². The summed E-state index contributed by atoms with van der Waals surface area (Å²) >= 11 is 12.2. The number of benzene rings is 3. The fraction of sp³-hybridized carbons (Fsp3) is 0.111. The van der Waals surface area contributed by atoms with E-state index in [4.69, 9.17) is 27.9 Å². The van der Waals surface area contributed by atoms with Gasteiger partial charge in [0.2, 0.25) is 0 Å². The molecular formula is C27H20Cl2N4O3. The van der Waals surface area contributed by atoms with E-state index in [1.54, 1.807) is 61.7 Å². The van der Waals surface area contributed by atoms with Crippen LogP contribution in [0.3, 0.4) is 0 Å². The molecule has 0 atom stereocenters. The number of carbonyl (C=O) groups is 1. The van der Waals surface area contributed by atoms with E-state index in [-0.39, 0.29) is 18.2 Å². The molecule has 0 aliphatic carbocycles. The molecule has 0 fully saturated rings. The van der Waals surface area contributed by atoms with Gasteiger partial charge in [-0.05, 0) is 60.0 Å². The summed E-state index contributed by atoms with van der Waals surface area (Å²) in [6, 6.07) is 21.6. The predicted molar refractivity (Wildman–Crippen MR) is 140 cm³/mol. The summed E-state index contributed by atoms with van der Waals surface area (Å²) in [5.74, 6) is -0.388. The second-order valence-electron chi connectivity index (χ2n) is 8.04. The van der Waals surface area contributed by atoms with E-state index < -0.39 is 0 Å². The maximum Gasteiger partial charge on any atom is 0.367 e. The Balaban J connectivity index is 1.61. The maximum atomic E-state index is 13.2. The van der Waals surface area contributed by atoms with Crippen molar-refractivity contribution in [3.8, 4) is 22.3 Å². The first-order valence-corrected chi connectivity index (χ1v) is 12.0. The standard InChI is InChI=1S/C27H20Cl2N4O3/c1-2-36-26(34)20-5-3-17(4-6-20)16-32-27(35)33-25(31-32)24(19-9-13-22(29)14-10-19)23(15-30-33)18-7-11-21(28)12-8-18/h3-15H,2,16H2,1H3. The molecule has 3 aromatic carbocycles. The Hall–Kier alpha value is -3.94. The smallest absolute Gasteiger partial charge is 0.367 e. The molecule has 2 heterocycles. The molecule has 5 aromatic rings. The molecule has 0 spiro atoms. The molecule has 5 rings (SSSR count). The molecule has 2 aromatic heterocycles.